The molecule has 8 nitrogen and oxygen atoms in total. The van der Waals surface area contributed by atoms with Gasteiger partial charge < -0.3 is 9.84 Å². The SMILES string of the molecule is CCN1C(=O)c2c(nc(OC)n2Cc2ccc(O)c(Br)c2)N2CC(Cc3ccccc3)N=C12. The zero-order valence-electron chi connectivity index (χ0n) is 18.4. The molecule has 5 rings (SSSR count). The van der Waals surface area contributed by atoms with E-state index in [2.05, 4.69) is 33.0 Å². The highest BCUT2D eigenvalue weighted by molar-refractivity contribution is 9.10. The second-order valence-corrected chi connectivity index (χ2v) is 8.93. The lowest BCUT2D eigenvalue weighted by molar-refractivity contribution is 0.0835. The van der Waals surface area contributed by atoms with Crippen LogP contribution in [0.25, 0.3) is 0 Å². The number of carbonyl (C=O) groups excluding carboxylic acids is 1. The average molecular weight is 510 g/mol. The molecular formula is C24H24BrN5O3. The van der Waals surface area contributed by atoms with Crippen LogP contribution in [0.5, 0.6) is 11.8 Å². The topological polar surface area (TPSA) is 83.2 Å². The molecule has 1 amide bonds. The molecule has 2 aliphatic heterocycles. The first-order chi connectivity index (χ1) is 16.0. The number of anilines is 1. The summed E-state index contributed by atoms with van der Waals surface area (Å²) < 4.78 is 7.95. The number of hydrogen-bond acceptors (Lipinski definition) is 6. The monoisotopic (exact) mass is 509 g/mol. The Balaban J connectivity index is 1.53. The fraction of sp³-hybridized carbons (Fsp3) is 0.292. The highest BCUT2D eigenvalue weighted by atomic mass is 79.9. The van der Waals surface area contributed by atoms with Crippen molar-refractivity contribution >= 4 is 33.6 Å². The van der Waals surface area contributed by atoms with Crippen molar-refractivity contribution in [2.24, 2.45) is 4.99 Å². The molecule has 1 unspecified atom stereocenters. The highest BCUT2D eigenvalue weighted by Crippen LogP contribution is 2.36. The van der Waals surface area contributed by atoms with Crippen molar-refractivity contribution in [1.29, 1.82) is 0 Å². The molecule has 170 valence electrons. The number of rotatable bonds is 6. The Bertz CT molecular complexity index is 1240. The molecule has 1 aromatic heterocycles. The van der Waals surface area contributed by atoms with Crippen LogP contribution in [0.15, 0.2) is 58.0 Å². The molecule has 33 heavy (non-hydrogen) atoms. The summed E-state index contributed by atoms with van der Waals surface area (Å²) in [6.45, 7) is 3.47. The zero-order valence-corrected chi connectivity index (χ0v) is 20.0. The summed E-state index contributed by atoms with van der Waals surface area (Å²) in [5, 5.41) is 9.83. The molecular weight excluding hydrogens is 486 g/mol. The van der Waals surface area contributed by atoms with Gasteiger partial charge in [-0.3, -0.25) is 19.2 Å². The summed E-state index contributed by atoms with van der Waals surface area (Å²) in [7, 11) is 1.55. The van der Waals surface area contributed by atoms with E-state index in [1.807, 2.05) is 42.2 Å². The Morgan fingerprint density at radius 2 is 1.97 bits per heavy atom. The van der Waals surface area contributed by atoms with Crippen LogP contribution in [-0.2, 0) is 13.0 Å². The van der Waals surface area contributed by atoms with E-state index in [1.165, 1.54) is 5.56 Å². The van der Waals surface area contributed by atoms with Crippen molar-refractivity contribution in [3.8, 4) is 11.8 Å². The van der Waals surface area contributed by atoms with Gasteiger partial charge >= 0.3 is 0 Å². The third-order valence-electron chi connectivity index (χ3n) is 5.96. The molecule has 1 N–H and O–H groups in total. The van der Waals surface area contributed by atoms with Crippen molar-refractivity contribution < 1.29 is 14.6 Å². The lowest BCUT2D eigenvalue weighted by atomic mass is 10.1. The van der Waals surface area contributed by atoms with E-state index in [-0.39, 0.29) is 17.7 Å². The van der Waals surface area contributed by atoms with Gasteiger partial charge in [0.15, 0.2) is 11.5 Å². The second-order valence-electron chi connectivity index (χ2n) is 8.08. The molecule has 3 aromatic rings. The van der Waals surface area contributed by atoms with Crippen LogP contribution in [0, 0.1) is 0 Å². The summed E-state index contributed by atoms with van der Waals surface area (Å²) in [5.74, 6) is 1.25. The number of aromatic nitrogens is 2. The standard InChI is InChI=1S/C24H24BrN5O3/c1-3-28-22(32)20-21(30-14-17(26-23(28)30)11-15-7-5-4-6-8-15)27-24(33-2)29(20)13-16-9-10-19(31)18(25)12-16/h4-10,12,17,31H,3,11,13-14H2,1-2H3. The predicted molar refractivity (Wildman–Crippen MR) is 129 cm³/mol. The number of phenolic OH excluding ortho intramolecular Hbond substituents is 1. The van der Waals surface area contributed by atoms with E-state index in [0.717, 1.165) is 12.0 Å². The average Bonchev–Trinajstić information content (AvgIpc) is 3.39. The Labute approximate surface area is 200 Å². The first-order valence-corrected chi connectivity index (χ1v) is 11.6. The molecule has 0 spiro atoms. The van der Waals surface area contributed by atoms with Crippen LogP contribution in [0.3, 0.4) is 0 Å². The molecule has 0 aliphatic carbocycles. The van der Waals surface area contributed by atoms with Crippen molar-refractivity contribution in [2.75, 3.05) is 25.1 Å². The molecule has 0 saturated carbocycles. The summed E-state index contributed by atoms with van der Waals surface area (Å²) >= 11 is 3.36. The van der Waals surface area contributed by atoms with Gasteiger partial charge in [-0.2, -0.15) is 4.98 Å². The third-order valence-corrected chi connectivity index (χ3v) is 6.59. The number of hydrogen-bond donors (Lipinski definition) is 1. The Morgan fingerprint density at radius 1 is 1.18 bits per heavy atom. The predicted octanol–water partition coefficient (Wildman–Crippen LogP) is 3.67. The van der Waals surface area contributed by atoms with Gasteiger partial charge in [0.2, 0.25) is 5.96 Å². The number of aromatic hydroxyl groups is 1. The fourth-order valence-electron chi connectivity index (χ4n) is 4.42. The number of guanidine groups is 1. The summed E-state index contributed by atoms with van der Waals surface area (Å²) in [4.78, 5) is 26.9. The normalized spacial score (nSPS) is 17.1. The third kappa shape index (κ3) is 3.76. The summed E-state index contributed by atoms with van der Waals surface area (Å²) in [6, 6.07) is 15.9. The van der Waals surface area contributed by atoms with Crippen LogP contribution < -0.4 is 9.64 Å². The Kier molecular flexibility index (Phi) is 5.57. The van der Waals surface area contributed by atoms with E-state index >= 15 is 0 Å². The van der Waals surface area contributed by atoms with Crippen LogP contribution >= 0.6 is 15.9 Å². The molecule has 0 bridgehead atoms. The molecule has 0 saturated heterocycles. The van der Waals surface area contributed by atoms with E-state index in [0.29, 0.717) is 47.6 Å². The molecule has 9 heteroatoms. The summed E-state index contributed by atoms with van der Waals surface area (Å²) in [5.41, 5.74) is 2.59. The molecule has 1 atom stereocenters. The van der Waals surface area contributed by atoms with Crippen LogP contribution in [0.4, 0.5) is 5.82 Å². The van der Waals surface area contributed by atoms with E-state index in [4.69, 9.17) is 9.73 Å². The molecule has 2 aliphatic rings. The number of imidazole rings is 1. The first kappa shape index (κ1) is 21.5. The number of aliphatic imine (C=N–C) groups is 1. The molecule has 3 heterocycles. The first-order valence-electron chi connectivity index (χ1n) is 10.8. The van der Waals surface area contributed by atoms with Crippen molar-refractivity contribution in [2.45, 2.75) is 25.9 Å². The minimum Gasteiger partial charge on any atom is -0.507 e. The Hall–Kier alpha value is -3.33. The maximum atomic E-state index is 13.6. The van der Waals surface area contributed by atoms with Gasteiger partial charge in [-0.05, 0) is 52.5 Å². The van der Waals surface area contributed by atoms with Crippen LogP contribution in [0.1, 0.15) is 28.5 Å². The van der Waals surface area contributed by atoms with Gasteiger partial charge in [0, 0.05) is 6.54 Å². The van der Waals surface area contributed by atoms with Gasteiger partial charge in [-0.15, -0.1) is 0 Å². The lowest BCUT2D eigenvalue weighted by Crippen LogP contribution is -2.50. The quantitative estimate of drug-likeness (QED) is 0.548. The smallest absolute Gasteiger partial charge is 0.299 e. The fourth-order valence-corrected chi connectivity index (χ4v) is 4.84. The molecule has 0 fully saturated rings. The van der Waals surface area contributed by atoms with E-state index < -0.39 is 0 Å². The van der Waals surface area contributed by atoms with Crippen LogP contribution in [-0.4, -0.2) is 57.7 Å². The number of ether oxygens (including phenoxy) is 1. The number of halogens is 1. The summed E-state index contributed by atoms with van der Waals surface area (Å²) in [6.07, 6.45) is 0.793. The van der Waals surface area contributed by atoms with Gasteiger partial charge in [0.1, 0.15) is 5.75 Å². The van der Waals surface area contributed by atoms with E-state index in [1.54, 1.807) is 22.6 Å². The molecule has 0 radical (unpaired) electrons. The number of fused-ring (bicyclic) bond motifs is 3. The van der Waals surface area contributed by atoms with Gasteiger partial charge in [0.25, 0.3) is 11.9 Å². The molecule has 2 aromatic carbocycles. The minimum absolute atomic E-state index is 0.0272. The Morgan fingerprint density at radius 3 is 2.67 bits per heavy atom. The number of nitrogens with zero attached hydrogens (tertiary/aromatic N) is 5. The van der Waals surface area contributed by atoms with Crippen molar-refractivity contribution in [3.63, 3.8) is 0 Å². The highest BCUT2D eigenvalue weighted by Gasteiger charge is 2.43. The largest absolute Gasteiger partial charge is 0.507 e. The number of methoxy groups -OCH3 is 1. The number of carbonyl (C=O) groups is 1. The lowest BCUT2D eigenvalue weighted by Gasteiger charge is -2.32. The number of benzene rings is 2. The zero-order chi connectivity index (χ0) is 23.1. The van der Waals surface area contributed by atoms with Crippen molar-refractivity contribution in [1.82, 2.24) is 14.5 Å². The van der Waals surface area contributed by atoms with Gasteiger partial charge in [0.05, 0.1) is 30.7 Å². The van der Waals surface area contributed by atoms with Crippen LogP contribution in [0.2, 0.25) is 0 Å². The van der Waals surface area contributed by atoms with Gasteiger partial charge in [-0.1, -0.05) is 36.4 Å². The minimum atomic E-state index is -0.142. The maximum Gasteiger partial charge on any atom is 0.299 e. The number of phenols is 1. The second kappa shape index (κ2) is 8.55. The van der Waals surface area contributed by atoms with Gasteiger partial charge in [-0.25, -0.2) is 4.99 Å². The van der Waals surface area contributed by atoms with Crippen molar-refractivity contribution in [3.05, 3.63) is 69.8 Å². The maximum absolute atomic E-state index is 13.6. The number of amides is 1. The van der Waals surface area contributed by atoms with E-state index in [9.17, 15) is 9.90 Å².